The highest BCUT2D eigenvalue weighted by Gasteiger charge is 2.21. The molecule has 1 aliphatic rings. The average molecular weight is 428 g/mol. The molecule has 1 aliphatic carbocycles. The van der Waals surface area contributed by atoms with E-state index in [4.69, 9.17) is 12.2 Å². The Morgan fingerprint density at radius 1 is 1.24 bits per heavy atom. The van der Waals surface area contributed by atoms with Gasteiger partial charge in [0.2, 0.25) is 0 Å². The van der Waals surface area contributed by atoms with Gasteiger partial charge in [0, 0.05) is 21.6 Å². The first-order chi connectivity index (χ1) is 10.1. The van der Waals surface area contributed by atoms with Crippen molar-refractivity contribution in [2.24, 2.45) is 0 Å². The van der Waals surface area contributed by atoms with Crippen molar-refractivity contribution in [3.05, 3.63) is 43.0 Å². The summed E-state index contributed by atoms with van der Waals surface area (Å²) in [6, 6.07) is 6.27. The smallest absolute Gasteiger partial charge is 0.144 e. The highest BCUT2D eigenvalue weighted by Crippen LogP contribution is 2.37. The van der Waals surface area contributed by atoms with Crippen LogP contribution >= 0.6 is 44.1 Å². The zero-order valence-corrected chi connectivity index (χ0v) is 15.7. The largest absolute Gasteiger partial charge is 0.342 e. The number of nitrogens with zero attached hydrogens (tertiary/aromatic N) is 1. The minimum absolute atomic E-state index is 0.566. The standard InChI is InChI=1S/C16H16Br2N2S/c1-9-6-7-11(8-12(9)17)15-19-14(10-4-2-3-5-10)13(18)16(21)20-15/h6-8,10H,2-5H2,1H3,(H,19,20,21). The summed E-state index contributed by atoms with van der Waals surface area (Å²) in [5.41, 5.74) is 3.48. The summed E-state index contributed by atoms with van der Waals surface area (Å²) in [6.07, 6.45) is 5.05. The molecule has 0 radical (unpaired) electrons. The Kier molecular flexibility index (Phi) is 4.62. The minimum atomic E-state index is 0.566. The van der Waals surface area contributed by atoms with Gasteiger partial charge in [0.1, 0.15) is 10.5 Å². The summed E-state index contributed by atoms with van der Waals surface area (Å²) >= 11 is 12.6. The van der Waals surface area contributed by atoms with E-state index in [1.807, 2.05) is 0 Å². The van der Waals surface area contributed by atoms with Crippen LogP contribution in [-0.2, 0) is 0 Å². The van der Waals surface area contributed by atoms with Crippen molar-refractivity contribution < 1.29 is 0 Å². The van der Waals surface area contributed by atoms with Gasteiger partial charge in [0.15, 0.2) is 0 Å². The van der Waals surface area contributed by atoms with Gasteiger partial charge in [-0.05, 0) is 47.3 Å². The highest BCUT2D eigenvalue weighted by molar-refractivity contribution is 9.10. The molecule has 1 aromatic carbocycles. The number of H-pyrrole nitrogens is 1. The molecule has 1 saturated carbocycles. The molecule has 0 aliphatic heterocycles. The van der Waals surface area contributed by atoms with Crippen LogP contribution in [0.25, 0.3) is 11.4 Å². The third-order valence-electron chi connectivity index (χ3n) is 4.10. The molecule has 1 N–H and O–H groups in total. The Labute approximate surface area is 146 Å². The van der Waals surface area contributed by atoms with Crippen LogP contribution in [0.15, 0.2) is 27.1 Å². The van der Waals surface area contributed by atoms with Gasteiger partial charge < -0.3 is 4.98 Å². The summed E-state index contributed by atoms with van der Waals surface area (Å²) in [5, 5.41) is 0. The van der Waals surface area contributed by atoms with Crippen molar-refractivity contribution in [1.82, 2.24) is 9.97 Å². The maximum atomic E-state index is 5.43. The Balaban J connectivity index is 2.10. The fraction of sp³-hybridized carbons (Fsp3) is 0.375. The first-order valence-electron chi connectivity index (χ1n) is 7.12. The van der Waals surface area contributed by atoms with Gasteiger partial charge in [-0.2, -0.15) is 0 Å². The van der Waals surface area contributed by atoms with Crippen molar-refractivity contribution >= 4 is 44.1 Å². The van der Waals surface area contributed by atoms with E-state index >= 15 is 0 Å². The van der Waals surface area contributed by atoms with Crippen LogP contribution in [0, 0.1) is 11.6 Å². The van der Waals surface area contributed by atoms with Crippen LogP contribution in [0.3, 0.4) is 0 Å². The average Bonchev–Trinajstić information content (AvgIpc) is 2.98. The molecular weight excluding hydrogens is 412 g/mol. The Bertz CT molecular complexity index is 734. The summed E-state index contributed by atoms with van der Waals surface area (Å²) in [4.78, 5) is 8.05. The third kappa shape index (κ3) is 3.15. The number of benzene rings is 1. The van der Waals surface area contributed by atoms with Crippen LogP contribution in [-0.4, -0.2) is 9.97 Å². The molecule has 0 unspecified atom stereocenters. The lowest BCUT2D eigenvalue weighted by atomic mass is 10.0. The summed E-state index contributed by atoms with van der Waals surface area (Å²) in [6.45, 7) is 2.08. The van der Waals surface area contributed by atoms with E-state index in [1.165, 1.54) is 36.9 Å². The number of aromatic amines is 1. The van der Waals surface area contributed by atoms with Gasteiger partial charge in [-0.1, -0.05) is 53.1 Å². The molecule has 3 rings (SSSR count). The van der Waals surface area contributed by atoms with E-state index < -0.39 is 0 Å². The Morgan fingerprint density at radius 3 is 2.62 bits per heavy atom. The molecule has 2 aromatic rings. The molecule has 2 nitrogen and oxygen atoms in total. The second-order valence-electron chi connectivity index (χ2n) is 5.56. The maximum Gasteiger partial charge on any atom is 0.144 e. The highest BCUT2D eigenvalue weighted by atomic mass is 79.9. The Morgan fingerprint density at radius 2 is 1.95 bits per heavy atom. The first-order valence-corrected chi connectivity index (χ1v) is 9.12. The molecule has 0 bridgehead atoms. The quantitative estimate of drug-likeness (QED) is 0.569. The second kappa shape index (κ2) is 6.31. The predicted octanol–water partition coefficient (Wildman–Crippen LogP) is 6.30. The topological polar surface area (TPSA) is 28.7 Å². The fourth-order valence-corrected chi connectivity index (χ4v) is 3.94. The number of aromatic nitrogens is 2. The summed E-state index contributed by atoms with van der Waals surface area (Å²) in [7, 11) is 0. The van der Waals surface area contributed by atoms with Crippen molar-refractivity contribution in [2.75, 3.05) is 0 Å². The van der Waals surface area contributed by atoms with Gasteiger partial charge in [0.05, 0.1) is 4.47 Å². The van der Waals surface area contributed by atoms with E-state index in [2.05, 4.69) is 67.0 Å². The lowest BCUT2D eigenvalue weighted by Gasteiger charge is -2.14. The first kappa shape index (κ1) is 15.4. The molecule has 1 heterocycles. The SMILES string of the molecule is Cc1ccc(-c2nc(=S)c(Br)c(C3CCCC3)[nH]2)cc1Br. The molecule has 21 heavy (non-hydrogen) atoms. The second-order valence-corrected chi connectivity index (χ2v) is 7.60. The summed E-state index contributed by atoms with van der Waals surface area (Å²) in [5.74, 6) is 1.42. The van der Waals surface area contributed by atoms with E-state index in [0.717, 1.165) is 20.3 Å². The van der Waals surface area contributed by atoms with Crippen LogP contribution in [0.5, 0.6) is 0 Å². The minimum Gasteiger partial charge on any atom is -0.342 e. The fourth-order valence-electron chi connectivity index (χ4n) is 2.85. The molecule has 1 aromatic heterocycles. The monoisotopic (exact) mass is 426 g/mol. The predicted molar refractivity (Wildman–Crippen MR) is 96.2 cm³/mol. The molecule has 5 heteroatoms. The zero-order chi connectivity index (χ0) is 15.0. The van der Waals surface area contributed by atoms with E-state index in [1.54, 1.807) is 0 Å². The van der Waals surface area contributed by atoms with Gasteiger partial charge in [-0.15, -0.1) is 0 Å². The van der Waals surface area contributed by atoms with E-state index in [-0.39, 0.29) is 0 Å². The molecule has 0 amide bonds. The Hall–Kier alpha value is -0.520. The maximum absolute atomic E-state index is 5.43. The van der Waals surface area contributed by atoms with Gasteiger partial charge in [-0.3, -0.25) is 0 Å². The number of hydrogen-bond acceptors (Lipinski definition) is 2. The van der Waals surface area contributed by atoms with Crippen LogP contribution in [0.4, 0.5) is 0 Å². The normalized spacial score (nSPS) is 15.6. The van der Waals surface area contributed by atoms with Crippen molar-refractivity contribution in [3.8, 4) is 11.4 Å². The molecule has 1 fully saturated rings. The molecule has 0 atom stereocenters. The van der Waals surface area contributed by atoms with Crippen molar-refractivity contribution in [3.63, 3.8) is 0 Å². The van der Waals surface area contributed by atoms with Crippen molar-refractivity contribution in [2.45, 2.75) is 38.5 Å². The number of aryl methyl sites for hydroxylation is 1. The van der Waals surface area contributed by atoms with E-state index in [9.17, 15) is 0 Å². The van der Waals surface area contributed by atoms with Crippen LogP contribution in [0.1, 0.15) is 42.9 Å². The van der Waals surface area contributed by atoms with Gasteiger partial charge >= 0.3 is 0 Å². The summed E-state index contributed by atoms with van der Waals surface area (Å²) < 4.78 is 2.69. The van der Waals surface area contributed by atoms with Gasteiger partial charge in [-0.25, -0.2) is 4.98 Å². The lowest BCUT2D eigenvalue weighted by molar-refractivity contribution is 0.690. The number of hydrogen-bond donors (Lipinski definition) is 1. The van der Waals surface area contributed by atoms with Crippen LogP contribution in [0.2, 0.25) is 0 Å². The molecular formula is C16H16Br2N2S. The molecule has 0 saturated heterocycles. The zero-order valence-electron chi connectivity index (χ0n) is 11.7. The van der Waals surface area contributed by atoms with Gasteiger partial charge in [0.25, 0.3) is 0 Å². The number of halogens is 2. The number of nitrogens with one attached hydrogen (secondary N) is 1. The molecule has 110 valence electrons. The third-order valence-corrected chi connectivity index (χ3v) is 6.31. The number of rotatable bonds is 2. The van der Waals surface area contributed by atoms with Crippen LogP contribution < -0.4 is 0 Å². The lowest BCUT2D eigenvalue weighted by Crippen LogP contribution is -2.02. The molecule has 0 spiro atoms. The van der Waals surface area contributed by atoms with Crippen molar-refractivity contribution in [1.29, 1.82) is 0 Å². The van der Waals surface area contributed by atoms with E-state index in [0.29, 0.717) is 10.6 Å².